The molecule has 6 amide bonds. The van der Waals surface area contributed by atoms with Crippen molar-refractivity contribution < 1.29 is 57.3 Å². The van der Waals surface area contributed by atoms with Crippen molar-refractivity contribution in [2.75, 3.05) is 66.4 Å². The van der Waals surface area contributed by atoms with Gasteiger partial charge in [-0.25, -0.2) is 4.79 Å². The molecule has 0 radical (unpaired) electrons. The normalized spacial score (nSPS) is 17.6. The Morgan fingerprint density at radius 1 is 0.797 bits per heavy atom. The van der Waals surface area contributed by atoms with Crippen molar-refractivity contribution in [1.29, 1.82) is 0 Å². The van der Waals surface area contributed by atoms with Crippen LogP contribution in [0.1, 0.15) is 42.7 Å². The Labute approximate surface area is 340 Å². The fourth-order valence-electron chi connectivity index (χ4n) is 7.20. The lowest BCUT2D eigenvalue weighted by molar-refractivity contribution is -0.134. The average molecular weight is 819 g/mol. The molecular formula is C41H50N6O12. The highest BCUT2D eigenvalue weighted by Crippen LogP contribution is 2.44. The molecule has 18 heteroatoms. The number of benzene rings is 2. The van der Waals surface area contributed by atoms with Gasteiger partial charge in [-0.3, -0.25) is 38.5 Å². The highest BCUT2D eigenvalue weighted by atomic mass is 16.6. The minimum atomic E-state index is -1.34. The topological polar surface area (TPSA) is 251 Å². The maximum atomic E-state index is 13.6. The Morgan fingerprint density at radius 2 is 1.42 bits per heavy atom. The number of hydrogen-bond acceptors (Lipinski definition) is 12. The average Bonchev–Trinajstić information content (AvgIpc) is 3.88. The number of rotatable bonds is 22. The van der Waals surface area contributed by atoms with Gasteiger partial charge in [0.2, 0.25) is 29.5 Å². The number of amides is 6. The first-order valence-corrected chi connectivity index (χ1v) is 19.4. The highest BCUT2D eigenvalue weighted by Gasteiger charge is 2.42. The molecule has 1 aliphatic heterocycles. The van der Waals surface area contributed by atoms with Crippen LogP contribution in [0.15, 0.2) is 60.7 Å². The zero-order valence-corrected chi connectivity index (χ0v) is 32.8. The number of carbonyl (C=O) groups excluding carboxylic acids is 8. The van der Waals surface area contributed by atoms with Crippen molar-refractivity contribution in [3.05, 3.63) is 71.8 Å². The third kappa shape index (κ3) is 12.3. The summed E-state index contributed by atoms with van der Waals surface area (Å²) in [5, 5.41) is 10.5. The fraction of sp³-hybridized carbons (Fsp3) is 0.463. The van der Waals surface area contributed by atoms with Crippen LogP contribution < -0.4 is 27.0 Å². The predicted octanol–water partition coefficient (Wildman–Crippen LogP) is -0.129. The number of nitrogens with two attached hydrogens (primary N) is 1. The van der Waals surface area contributed by atoms with Crippen molar-refractivity contribution in [2.45, 2.75) is 49.7 Å². The van der Waals surface area contributed by atoms with Gasteiger partial charge in [0.1, 0.15) is 18.7 Å². The molecule has 1 fully saturated rings. The van der Waals surface area contributed by atoms with E-state index < -0.39 is 84.1 Å². The smallest absolute Gasteiger partial charge is 0.410 e. The molecular weight excluding hydrogens is 768 g/mol. The number of ketones is 2. The van der Waals surface area contributed by atoms with E-state index in [1.165, 1.54) is 4.90 Å². The lowest BCUT2D eigenvalue weighted by Crippen LogP contribution is -2.49. The van der Waals surface area contributed by atoms with Crippen LogP contribution in [0.5, 0.6) is 0 Å². The number of ether oxygens (including phenoxy) is 4. The summed E-state index contributed by atoms with van der Waals surface area (Å²) in [6.07, 6.45) is 0.555. The van der Waals surface area contributed by atoms with Crippen LogP contribution >= 0.6 is 0 Å². The van der Waals surface area contributed by atoms with E-state index in [9.17, 15) is 38.4 Å². The summed E-state index contributed by atoms with van der Waals surface area (Å²) in [5.74, 6) is -5.57. The minimum absolute atomic E-state index is 0.0244. The first-order valence-electron chi connectivity index (χ1n) is 19.4. The van der Waals surface area contributed by atoms with Gasteiger partial charge in [0, 0.05) is 51.5 Å². The van der Waals surface area contributed by atoms with Gasteiger partial charge in [0.15, 0.2) is 11.6 Å². The number of nitrogens with one attached hydrogen (secondary N) is 4. The molecule has 59 heavy (non-hydrogen) atoms. The maximum absolute atomic E-state index is 13.6. The summed E-state index contributed by atoms with van der Waals surface area (Å²) in [7, 11) is 1.56. The third-order valence-corrected chi connectivity index (χ3v) is 10.1. The summed E-state index contributed by atoms with van der Waals surface area (Å²) in [5.41, 5.74) is 9.49. The van der Waals surface area contributed by atoms with Gasteiger partial charge in [-0.1, -0.05) is 48.5 Å². The number of hydrogen-bond donors (Lipinski definition) is 5. The molecule has 2 aromatic carbocycles. The predicted molar refractivity (Wildman–Crippen MR) is 209 cm³/mol. The van der Waals surface area contributed by atoms with Gasteiger partial charge in [-0.15, -0.1) is 0 Å². The van der Waals surface area contributed by atoms with Crippen LogP contribution in [0, 0.1) is 5.92 Å². The first-order chi connectivity index (χ1) is 28.5. The van der Waals surface area contributed by atoms with E-state index in [0.29, 0.717) is 13.2 Å². The van der Waals surface area contributed by atoms with Crippen molar-refractivity contribution in [2.24, 2.45) is 11.7 Å². The fourth-order valence-corrected chi connectivity index (χ4v) is 7.20. The van der Waals surface area contributed by atoms with Crippen molar-refractivity contribution in [1.82, 2.24) is 26.2 Å². The van der Waals surface area contributed by atoms with Crippen LogP contribution in [-0.2, 0) is 52.5 Å². The van der Waals surface area contributed by atoms with E-state index in [0.717, 1.165) is 34.4 Å². The van der Waals surface area contributed by atoms with Crippen LogP contribution in [0.3, 0.4) is 0 Å². The van der Waals surface area contributed by atoms with Crippen molar-refractivity contribution >= 4 is 47.2 Å². The van der Waals surface area contributed by atoms with Gasteiger partial charge in [-0.05, 0) is 40.8 Å². The van der Waals surface area contributed by atoms with Crippen LogP contribution in [0.4, 0.5) is 4.79 Å². The zero-order chi connectivity index (χ0) is 42.3. The minimum Gasteiger partial charge on any atom is -0.448 e. The Hall–Kier alpha value is -5.98. The summed E-state index contributed by atoms with van der Waals surface area (Å²) in [4.78, 5) is 102. The highest BCUT2D eigenvalue weighted by molar-refractivity contribution is 6.20. The molecule has 0 bridgehead atoms. The Balaban J connectivity index is 1.07. The molecule has 3 unspecified atom stereocenters. The molecule has 1 saturated heterocycles. The Morgan fingerprint density at radius 3 is 2.07 bits per heavy atom. The molecule has 316 valence electrons. The van der Waals surface area contributed by atoms with Crippen molar-refractivity contribution in [3.8, 4) is 11.1 Å². The number of methoxy groups -OCH3 is 1. The lowest BCUT2D eigenvalue weighted by atomic mass is 9.98. The molecule has 3 aliphatic rings. The Bertz CT molecular complexity index is 1860. The summed E-state index contributed by atoms with van der Waals surface area (Å²) >= 11 is 0. The molecule has 1 heterocycles. The monoisotopic (exact) mass is 818 g/mol. The number of nitrogens with zero attached hydrogens (tertiary/aromatic N) is 1. The summed E-state index contributed by atoms with van der Waals surface area (Å²) in [6, 6.07) is 13.1. The largest absolute Gasteiger partial charge is 0.448 e. The Kier molecular flexibility index (Phi) is 16.2. The summed E-state index contributed by atoms with van der Waals surface area (Å²) in [6.45, 7) is 1.21. The second kappa shape index (κ2) is 21.7. The molecule has 18 nitrogen and oxygen atoms in total. The number of allylic oxidation sites excluding steroid dienone is 2. The quantitative estimate of drug-likeness (QED) is 0.0770. The summed E-state index contributed by atoms with van der Waals surface area (Å²) < 4.78 is 21.8. The zero-order valence-electron chi connectivity index (χ0n) is 32.8. The van der Waals surface area contributed by atoms with E-state index in [1.807, 2.05) is 48.5 Å². The molecule has 6 N–H and O–H groups in total. The maximum Gasteiger partial charge on any atom is 0.410 e. The van der Waals surface area contributed by atoms with Gasteiger partial charge >= 0.3 is 6.09 Å². The number of likely N-dealkylation sites (tertiary alicyclic amines) is 1. The molecule has 5 rings (SSSR count). The van der Waals surface area contributed by atoms with Gasteiger partial charge in [-0.2, -0.15) is 0 Å². The van der Waals surface area contributed by atoms with E-state index in [1.54, 1.807) is 7.11 Å². The van der Waals surface area contributed by atoms with Crippen LogP contribution in [0.25, 0.3) is 11.1 Å². The second-order valence-corrected chi connectivity index (χ2v) is 14.2. The van der Waals surface area contributed by atoms with Crippen LogP contribution in [0.2, 0.25) is 0 Å². The number of primary amides is 1. The standard InChI is InChI=1S/C41H50N6O12/c1-56-18-19-58-17-14-44-40(54)33-20-25(23-47(33)41(55)59-24-31-28-8-4-2-6-26(28)27-7-3-5-9-29(27)31)45-37(51)12-15-57-16-13-43-39(53)32(22-36(42)50)46-38(52)21-30-34(48)10-11-35(30)49/h2-11,25,30-33H,12-24H2,1H3,(H2,42,50)(H,43,53)(H,44,54)(H,45,51)(H,46,52). The molecule has 3 atom stereocenters. The number of fused-ring (bicyclic) bond motifs is 3. The van der Waals surface area contributed by atoms with Crippen molar-refractivity contribution in [3.63, 3.8) is 0 Å². The molecule has 2 aliphatic carbocycles. The van der Waals surface area contributed by atoms with Gasteiger partial charge in [0.25, 0.3) is 0 Å². The van der Waals surface area contributed by atoms with Gasteiger partial charge < -0.3 is 45.9 Å². The third-order valence-electron chi connectivity index (χ3n) is 10.1. The molecule has 0 saturated carbocycles. The molecule has 0 aromatic heterocycles. The second-order valence-electron chi connectivity index (χ2n) is 14.2. The van der Waals surface area contributed by atoms with E-state index in [-0.39, 0.29) is 64.8 Å². The lowest BCUT2D eigenvalue weighted by Gasteiger charge is -2.24. The SMILES string of the molecule is COCCOCCNC(=O)C1CC(NC(=O)CCOCCNC(=O)C(CC(N)=O)NC(=O)CC2C(=O)C=CC2=O)CN1C(=O)OCC1c2ccccc2-c2ccccc21. The molecule has 0 spiro atoms. The van der Waals surface area contributed by atoms with Gasteiger partial charge in [0.05, 0.1) is 45.4 Å². The van der Waals surface area contributed by atoms with E-state index >= 15 is 0 Å². The molecule has 2 aromatic rings. The number of carbonyl (C=O) groups is 8. The van der Waals surface area contributed by atoms with E-state index in [2.05, 4.69) is 21.3 Å². The van der Waals surface area contributed by atoms with E-state index in [4.69, 9.17) is 24.7 Å². The first kappa shape index (κ1) is 44.1. The van der Waals surface area contributed by atoms with Crippen LogP contribution in [-0.4, -0.2) is 137 Å².